The van der Waals surface area contributed by atoms with Crippen LogP contribution in [0.2, 0.25) is 0 Å². The van der Waals surface area contributed by atoms with Gasteiger partial charge in [-0.1, -0.05) is 19.8 Å². The van der Waals surface area contributed by atoms with Gasteiger partial charge in [-0.2, -0.15) is 5.26 Å². The molecule has 94 valence electrons. The third-order valence-corrected chi connectivity index (χ3v) is 2.13. The zero-order valence-electron chi connectivity index (χ0n) is 10.5. The number of unbranched alkanes of at least 4 members (excludes halogenated alkanes) is 1. The van der Waals surface area contributed by atoms with E-state index in [9.17, 15) is 4.79 Å². The second kappa shape index (κ2) is 14.1. The van der Waals surface area contributed by atoms with Crippen LogP contribution in [0.1, 0.15) is 46.0 Å². The number of nitrogens with zero attached hydrogens (tertiary/aromatic N) is 1. The Labute approximate surface area is 101 Å². The summed E-state index contributed by atoms with van der Waals surface area (Å²) < 4.78 is 4.95. The van der Waals surface area contributed by atoms with Crippen molar-refractivity contribution in [3.8, 4) is 6.07 Å². The van der Waals surface area contributed by atoms with Crippen LogP contribution in [0.5, 0.6) is 0 Å². The number of ether oxygens (including phenoxy) is 1. The fraction of sp³-hybridized carbons (Fsp3) is 0.818. The first-order chi connectivity index (χ1) is 7.76. The van der Waals surface area contributed by atoms with Crippen LogP contribution in [0.3, 0.4) is 0 Å². The Kier molecular flexibility index (Phi) is 15.5. The van der Waals surface area contributed by atoms with E-state index in [1.54, 1.807) is 6.92 Å². The van der Waals surface area contributed by atoms with Crippen LogP contribution in [0.25, 0.3) is 0 Å². The van der Waals surface area contributed by atoms with E-state index in [0.29, 0.717) is 29.9 Å². The Morgan fingerprint density at radius 2 is 2.06 bits per heavy atom. The van der Waals surface area contributed by atoms with Crippen molar-refractivity contribution in [2.45, 2.75) is 46.0 Å². The maximum Gasteiger partial charge on any atom is 0.308 e. The molecule has 0 saturated carbocycles. The molecule has 0 aromatic rings. The number of carbonyl (C=O) groups is 1. The Morgan fingerprint density at radius 3 is 2.50 bits per heavy atom. The van der Waals surface area contributed by atoms with Gasteiger partial charge in [0.05, 0.1) is 18.6 Å². The molecule has 0 amide bonds. The first-order valence-corrected chi connectivity index (χ1v) is 6.64. The van der Waals surface area contributed by atoms with Crippen LogP contribution >= 0.6 is 0 Å². The zero-order chi connectivity index (χ0) is 12.8. The summed E-state index contributed by atoms with van der Waals surface area (Å²) in [6.45, 7) is 4.32. The lowest BCUT2D eigenvalue weighted by Gasteiger charge is -2.13. The molecule has 0 aliphatic carbocycles. The van der Waals surface area contributed by atoms with Crippen LogP contribution in [-0.4, -0.2) is 27.9 Å². The number of carbonyl (C=O) groups excluding carboxylic acids is 1. The van der Waals surface area contributed by atoms with E-state index in [4.69, 9.17) is 14.8 Å². The number of hydrogen-bond donors (Lipinski definition) is 1. The van der Waals surface area contributed by atoms with E-state index >= 15 is 0 Å². The minimum atomic E-state index is -0.142. The third kappa shape index (κ3) is 9.68. The quantitative estimate of drug-likeness (QED) is 0.535. The van der Waals surface area contributed by atoms with E-state index in [2.05, 4.69) is 13.0 Å². The Hall–Kier alpha value is -0.863. The van der Waals surface area contributed by atoms with Crippen LogP contribution < -0.4 is 0 Å². The fourth-order valence-electron chi connectivity index (χ4n) is 1.33. The fourth-order valence-corrected chi connectivity index (χ4v) is 1.33. The first-order valence-electron chi connectivity index (χ1n) is 5.74. The normalized spacial score (nSPS) is 10.9. The predicted molar refractivity (Wildman–Crippen MR) is 66.7 cm³/mol. The highest BCUT2D eigenvalue weighted by atomic mass is 28.2. The molecule has 16 heavy (non-hydrogen) atoms. The highest BCUT2D eigenvalue weighted by Crippen LogP contribution is 2.16. The van der Waals surface area contributed by atoms with Crippen molar-refractivity contribution in [1.29, 1.82) is 5.26 Å². The average molecular weight is 245 g/mol. The van der Waals surface area contributed by atoms with Crippen LogP contribution in [0.15, 0.2) is 0 Å². The Bertz CT molecular complexity index is 204. The maximum absolute atomic E-state index is 11.4. The van der Waals surface area contributed by atoms with Gasteiger partial charge in [0.2, 0.25) is 0 Å². The molecule has 0 heterocycles. The molecule has 0 fully saturated rings. The molecule has 0 rings (SSSR count). The maximum atomic E-state index is 11.4. The summed E-state index contributed by atoms with van der Waals surface area (Å²) >= 11 is 0. The molecule has 0 aliphatic heterocycles. The van der Waals surface area contributed by atoms with Crippen molar-refractivity contribution in [2.75, 3.05) is 6.61 Å². The Morgan fingerprint density at radius 1 is 1.44 bits per heavy atom. The third-order valence-electron chi connectivity index (χ3n) is 2.13. The van der Waals surface area contributed by atoms with Gasteiger partial charge >= 0.3 is 5.97 Å². The summed E-state index contributed by atoms with van der Waals surface area (Å²) in [5.74, 6) is -0.217. The van der Waals surface area contributed by atoms with E-state index in [-0.39, 0.29) is 11.9 Å². The minimum Gasteiger partial charge on any atom is -0.466 e. The zero-order valence-corrected chi connectivity index (χ0v) is 12.5. The van der Waals surface area contributed by atoms with Crippen molar-refractivity contribution >= 4 is 16.5 Å². The summed E-state index contributed by atoms with van der Waals surface area (Å²) in [7, 11) is 0.306. The Balaban J connectivity index is 0. The molecule has 1 unspecified atom stereocenters. The van der Waals surface area contributed by atoms with E-state index in [0.717, 1.165) is 19.3 Å². The summed E-state index contributed by atoms with van der Waals surface area (Å²) in [5, 5.41) is 8.45. The van der Waals surface area contributed by atoms with Gasteiger partial charge in [0.25, 0.3) is 0 Å². The van der Waals surface area contributed by atoms with Gasteiger partial charge in [-0.25, -0.2) is 0 Å². The number of esters is 1. The highest BCUT2D eigenvalue weighted by Gasteiger charge is 2.18. The van der Waals surface area contributed by atoms with Crippen molar-refractivity contribution in [1.82, 2.24) is 0 Å². The minimum absolute atomic E-state index is 0.0745. The van der Waals surface area contributed by atoms with Gasteiger partial charge < -0.3 is 9.53 Å². The van der Waals surface area contributed by atoms with Crippen molar-refractivity contribution in [2.24, 2.45) is 5.92 Å². The van der Waals surface area contributed by atoms with Crippen molar-refractivity contribution in [3.05, 3.63) is 0 Å². The van der Waals surface area contributed by atoms with Crippen LogP contribution in [0, 0.1) is 17.2 Å². The van der Waals surface area contributed by atoms with Crippen molar-refractivity contribution in [3.63, 3.8) is 0 Å². The SMILES string of the molecule is CCCCC(CCC#N)C(=O)OCC.O[SiH3]. The molecule has 0 radical (unpaired) electrons. The number of rotatable bonds is 7. The number of nitriles is 1. The standard InChI is InChI=1S/C11H19NO2.H4OSi/c1-3-5-7-10(8-6-9-12)11(13)14-4-2;1-2/h10H,3-8H2,1-2H3;1H,2H3. The van der Waals surface area contributed by atoms with Crippen LogP contribution in [-0.2, 0) is 9.53 Å². The topological polar surface area (TPSA) is 70.3 Å². The molecule has 0 spiro atoms. The van der Waals surface area contributed by atoms with Gasteiger partial charge in [-0.15, -0.1) is 0 Å². The van der Waals surface area contributed by atoms with E-state index < -0.39 is 0 Å². The van der Waals surface area contributed by atoms with Gasteiger partial charge in [0.1, 0.15) is 10.5 Å². The van der Waals surface area contributed by atoms with E-state index in [1.165, 1.54) is 0 Å². The second-order valence-corrected chi connectivity index (χ2v) is 3.29. The molecule has 0 saturated heterocycles. The van der Waals surface area contributed by atoms with Gasteiger partial charge in [-0.3, -0.25) is 4.79 Å². The molecule has 1 N–H and O–H groups in total. The number of hydrogen-bond acceptors (Lipinski definition) is 4. The predicted octanol–water partition coefficient (Wildman–Crippen LogP) is 0.919. The summed E-state index contributed by atoms with van der Waals surface area (Å²) in [6.07, 6.45) is 4.01. The van der Waals surface area contributed by atoms with Gasteiger partial charge in [-0.05, 0) is 19.8 Å². The molecule has 0 aromatic carbocycles. The molecule has 0 bridgehead atoms. The summed E-state index contributed by atoms with van der Waals surface area (Å²) in [4.78, 5) is 18.6. The molecule has 5 heteroatoms. The molecule has 1 atom stereocenters. The lowest BCUT2D eigenvalue weighted by atomic mass is 9.97. The van der Waals surface area contributed by atoms with Gasteiger partial charge in [0.15, 0.2) is 0 Å². The monoisotopic (exact) mass is 245 g/mol. The smallest absolute Gasteiger partial charge is 0.308 e. The molecular weight excluding hydrogens is 222 g/mol. The van der Waals surface area contributed by atoms with Gasteiger partial charge in [0, 0.05) is 6.42 Å². The van der Waals surface area contributed by atoms with Crippen molar-refractivity contribution < 1.29 is 14.3 Å². The largest absolute Gasteiger partial charge is 0.466 e. The molecule has 0 aromatic heterocycles. The lowest BCUT2D eigenvalue weighted by molar-refractivity contribution is -0.148. The lowest BCUT2D eigenvalue weighted by Crippen LogP contribution is -2.17. The van der Waals surface area contributed by atoms with Crippen LogP contribution in [0.4, 0.5) is 0 Å². The second-order valence-electron chi connectivity index (χ2n) is 3.29. The highest BCUT2D eigenvalue weighted by molar-refractivity contribution is 5.95. The summed E-state index contributed by atoms with van der Waals surface area (Å²) in [5.41, 5.74) is 0. The molecule has 0 aliphatic rings. The molecule has 4 nitrogen and oxygen atoms in total. The first kappa shape index (κ1) is 17.5. The summed E-state index contributed by atoms with van der Waals surface area (Å²) in [6, 6.07) is 2.06. The van der Waals surface area contributed by atoms with E-state index in [1.807, 2.05) is 0 Å². The molecular formula is C11H23NO3Si. The average Bonchev–Trinajstić information content (AvgIpc) is 2.32.